The first-order valence-electron chi connectivity index (χ1n) is 13.6. The van der Waals surface area contributed by atoms with Crippen LogP contribution in [-0.2, 0) is 11.3 Å². The molecule has 1 aromatic rings. The molecule has 36 heavy (non-hydrogen) atoms. The first-order chi connectivity index (χ1) is 17.4. The van der Waals surface area contributed by atoms with Crippen molar-refractivity contribution in [3.05, 3.63) is 31.9 Å². The van der Waals surface area contributed by atoms with E-state index in [9.17, 15) is 14.9 Å². The highest BCUT2D eigenvalue weighted by atomic mass is 32.2. The number of anilines is 1. The average Bonchev–Trinajstić information content (AvgIpc) is 3.03. The molecule has 0 atom stereocenters. The van der Waals surface area contributed by atoms with Crippen molar-refractivity contribution in [2.24, 2.45) is 0 Å². The quantitative estimate of drug-likeness (QED) is 0.189. The third-order valence-corrected chi connectivity index (χ3v) is 8.46. The molecule has 0 saturated carbocycles. The molecule has 2 aliphatic rings. The molecule has 0 aliphatic carbocycles. The van der Waals surface area contributed by atoms with Crippen LogP contribution in [0.1, 0.15) is 101 Å². The summed E-state index contributed by atoms with van der Waals surface area (Å²) in [6, 6.07) is 2.14. The SMILES string of the molecule is CCCCCCCCN1C(=O)/C(=C\c2c(C)c(C#N)c(=O)n(CCC)c2N2CCCCCC2)SC1=S. The maximum Gasteiger partial charge on any atom is 0.270 e. The van der Waals surface area contributed by atoms with Crippen molar-refractivity contribution < 1.29 is 4.79 Å². The highest BCUT2D eigenvalue weighted by Gasteiger charge is 2.33. The van der Waals surface area contributed by atoms with Gasteiger partial charge in [0, 0.05) is 31.7 Å². The van der Waals surface area contributed by atoms with Crippen LogP contribution in [0.15, 0.2) is 9.70 Å². The Kier molecular flexibility index (Phi) is 11.1. The fraction of sp³-hybridized carbons (Fsp3) is 0.643. The lowest BCUT2D eigenvalue weighted by atomic mass is 10.0. The predicted molar refractivity (Wildman–Crippen MR) is 154 cm³/mol. The van der Waals surface area contributed by atoms with Gasteiger partial charge in [-0.05, 0) is 44.2 Å². The van der Waals surface area contributed by atoms with Crippen molar-refractivity contribution in [3.63, 3.8) is 0 Å². The molecule has 0 N–H and O–H groups in total. The Labute approximate surface area is 225 Å². The normalized spacial score (nSPS) is 17.7. The van der Waals surface area contributed by atoms with E-state index < -0.39 is 0 Å². The van der Waals surface area contributed by atoms with Gasteiger partial charge in [0.15, 0.2) is 0 Å². The first-order valence-corrected chi connectivity index (χ1v) is 14.8. The lowest BCUT2D eigenvalue weighted by Crippen LogP contribution is -2.35. The average molecular weight is 529 g/mol. The minimum Gasteiger partial charge on any atom is -0.357 e. The number of hydrogen-bond acceptors (Lipinski definition) is 6. The number of pyridine rings is 1. The second-order valence-corrected chi connectivity index (χ2v) is 11.5. The molecule has 6 nitrogen and oxygen atoms in total. The van der Waals surface area contributed by atoms with E-state index in [0.29, 0.717) is 27.9 Å². The van der Waals surface area contributed by atoms with Crippen molar-refractivity contribution in [2.75, 3.05) is 24.5 Å². The van der Waals surface area contributed by atoms with Gasteiger partial charge in [0.2, 0.25) is 0 Å². The number of unbranched alkanes of at least 4 members (excludes halogenated alkanes) is 5. The Morgan fingerprint density at radius 3 is 2.28 bits per heavy atom. The molecule has 8 heteroatoms. The van der Waals surface area contributed by atoms with E-state index in [1.165, 1.54) is 50.3 Å². The second-order valence-electron chi connectivity index (χ2n) is 9.81. The fourth-order valence-corrected chi connectivity index (χ4v) is 6.36. The molecule has 196 valence electrons. The van der Waals surface area contributed by atoms with Crippen LogP contribution >= 0.6 is 24.0 Å². The molecule has 1 aromatic heterocycles. The summed E-state index contributed by atoms with van der Waals surface area (Å²) in [5.74, 6) is 0.785. The Bertz CT molecular complexity index is 1080. The summed E-state index contributed by atoms with van der Waals surface area (Å²) in [6.07, 6.45) is 14.1. The monoisotopic (exact) mass is 528 g/mol. The maximum absolute atomic E-state index is 13.4. The van der Waals surface area contributed by atoms with Gasteiger partial charge in [0.25, 0.3) is 11.5 Å². The van der Waals surface area contributed by atoms with Gasteiger partial charge in [-0.15, -0.1) is 0 Å². The smallest absolute Gasteiger partial charge is 0.270 e. The number of rotatable bonds is 11. The van der Waals surface area contributed by atoms with Crippen molar-refractivity contribution in [2.45, 2.75) is 97.9 Å². The number of thiocarbonyl (C=S) groups is 1. The van der Waals surface area contributed by atoms with Gasteiger partial charge in [-0.1, -0.05) is 82.8 Å². The molecule has 0 bridgehead atoms. The number of aromatic nitrogens is 1. The summed E-state index contributed by atoms with van der Waals surface area (Å²) in [4.78, 5) is 31.3. The lowest BCUT2D eigenvalue weighted by Gasteiger charge is -2.29. The molecule has 0 unspecified atom stereocenters. The number of carbonyl (C=O) groups excluding carboxylic acids is 1. The van der Waals surface area contributed by atoms with E-state index in [-0.39, 0.29) is 17.0 Å². The first kappa shape index (κ1) is 28.5. The summed E-state index contributed by atoms with van der Waals surface area (Å²) in [5, 5.41) is 9.84. The van der Waals surface area contributed by atoms with Crippen molar-refractivity contribution in [1.82, 2.24) is 9.47 Å². The third kappa shape index (κ3) is 6.60. The molecular formula is C28H40N4O2S2. The summed E-state index contributed by atoms with van der Waals surface area (Å²) in [7, 11) is 0. The minimum atomic E-state index is -0.233. The Hall–Kier alpha value is -2.11. The second kappa shape index (κ2) is 14.0. The predicted octanol–water partition coefficient (Wildman–Crippen LogP) is 6.38. The standard InChI is InChI=1S/C28H40N4O2S2/c1-4-6-7-8-9-14-18-32-27(34)24(36-28(32)35)19-22-21(3)23(20-29)26(33)31(15-5-2)25(22)30-16-12-10-11-13-17-30/h19H,4-18H2,1-3H3/b24-19+. The number of carbonyl (C=O) groups is 1. The lowest BCUT2D eigenvalue weighted by molar-refractivity contribution is -0.122. The van der Waals surface area contributed by atoms with Crippen molar-refractivity contribution >= 4 is 46.1 Å². The van der Waals surface area contributed by atoms with E-state index in [1.54, 1.807) is 9.47 Å². The van der Waals surface area contributed by atoms with E-state index in [4.69, 9.17) is 12.2 Å². The van der Waals surface area contributed by atoms with E-state index in [2.05, 4.69) is 17.9 Å². The van der Waals surface area contributed by atoms with Gasteiger partial charge in [-0.25, -0.2) is 0 Å². The minimum absolute atomic E-state index is 0.0634. The van der Waals surface area contributed by atoms with Crippen LogP contribution < -0.4 is 10.5 Å². The number of thioether (sulfide) groups is 1. The highest BCUT2D eigenvalue weighted by molar-refractivity contribution is 8.26. The summed E-state index contributed by atoms with van der Waals surface area (Å²) in [6.45, 7) is 9.01. The van der Waals surface area contributed by atoms with Crippen LogP contribution in [0.2, 0.25) is 0 Å². The van der Waals surface area contributed by atoms with Gasteiger partial charge >= 0.3 is 0 Å². The molecule has 2 aliphatic heterocycles. The molecular weight excluding hydrogens is 488 g/mol. The van der Waals surface area contributed by atoms with E-state index >= 15 is 0 Å². The largest absolute Gasteiger partial charge is 0.357 e. The van der Waals surface area contributed by atoms with Gasteiger partial charge in [0.05, 0.1) is 4.91 Å². The summed E-state index contributed by atoms with van der Waals surface area (Å²) in [5.41, 5.74) is 1.39. The summed E-state index contributed by atoms with van der Waals surface area (Å²) >= 11 is 6.92. The number of hydrogen-bond donors (Lipinski definition) is 0. The van der Waals surface area contributed by atoms with Gasteiger partial charge in [-0.2, -0.15) is 5.26 Å². The van der Waals surface area contributed by atoms with E-state index in [0.717, 1.165) is 56.6 Å². The molecule has 0 spiro atoms. The zero-order valence-electron chi connectivity index (χ0n) is 22.1. The van der Waals surface area contributed by atoms with E-state index in [1.807, 2.05) is 19.9 Å². The molecule has 3 heterocycles. The Morgan fingerprint density at radius 1 is 0.972 bits per heavy atom. The van der Waals surface area contributed by atoms with Crippen LogP contribution in [0, 0.1) is 18.3 Å². The third-order valence-electron chi connectivity index (χ3n) is 7.08. The summed E-state index contributed by atoms with van der Waals surface area (Å²) < 4.78 is 2.36. The zero-order valence-corrected chi connectivity index (χ0v) is 23.7. The molecule has 0 aromatic carbocycles. The molecule has 1 amide bonds. The number of nitriles is 1. The number of amides is 1. The molecule has 0 radical (unpaired) electrons. The van der Waals surface area contributed by atoms with Gasteiger partial charge in [-0.3, -0.25) is 19.1 Å². The molecule has 2 fully saturated rings. The zero-order chi connectivity index (χ0) is 26.1. The maximum atomic E-state index is 13.4. The van der Waals surface area contributed by atoms with Gasteiger partial charge in [0.1, 0.15) is 21.8 Å². The van der Waals surface area contributed by atoms with Crippen LogP contribution in [0.25, 0.3) is 6.08 Å². The molecule has 2 saturated heterocycles. The Balaban J connectivity index is 1.98. The fourth-order valence-electron chi connectivity index (χ4n) is 5.07. The Morgan fingerprint density at radius 2 is 1.64 bits per heavy atom. The van der Waals surface area contributed by atoms with Crippen molar-refractivity contribution in [3.8, 4) is 6.07 Å². The topological polar surface area (TPSA) is 69.3 Å². The number of nitrogens with zero attached hydrogens (tertiary/aromatic N) is 4. The van der Waals surface area contributed by atoms with Crippen LogP contribution in [0.3, 0.4) is 0 Å². The highest BCUT2D eigenvalue weighted by Crippen LogP contribution is 2.36. The molecule has 3 rings (SSSR count). The van der Waals surface area contributed by atoms with Crippen LogP contribution in [0.5, 0.6) is 0 Å². The van der Waals surface area contributed by atoms with Gasteiger partial charge < -0.3 is 4.90 Å². The van der Waals surface area contributed by atoms with Crippen molar-refractivity contribution in [1.29, 1.82) is 5.26 Å². The van der Waals surface area contributed by atoms with Crippen LogP contribution in [0.4, 0.5) is 5.82 Å². The van der Waals surface area contributed by atoms with Crippen LogP contribution in [-0.4, -0.2) is 39.3 Å².